The van der Waals surface area contributed by atoms with Crippen LogP contribution in [0.5, 0.6) is 0 Å². The summed E-state index contributed by atoms with van der Waals surface area (Å²) in [7, 11) is -3.28. The normalized spacial score (nSPS) is 20.0. The Bertz CT molecular complexity index is 1060. The van der Waals surface area contributed by atoms with Gasteiger partial charge in [-0.15, -0.1) is 0 Å². The van der Waals surface area contributed by atoms with Gasteiger partial charge >= 0.3 is 0 Å². The molecule has 2 aromatic carbocycles. The van der Waals surface area contributed by atoms with Crippen molar-refractivity contribution in [2.45, 2.75) is 23.2 Å². The molecule has 0 amide bonds. The largest absolute Gasteiger partial charge is 0.316 e. The van der Waals surface area contributed by atoms with Crippen molar-refractivity contribution in [2.75, 3.05) is 19.3 Å². The zero-order valence-corrected chi connectivity index (χ0v) is 16.7. The van der Waals surface area contributed by atoms with Gasteiger partial charge in [0.25, 0.3) is 0 Å². The third-order valence-corrected chi connectivity index (χ3v) is 6.58. The van der Waals surface area contributed by atoms with Gasteiger partial charge in [0.05, 0.1) is 4.90 Å². The molecule has 1 saturated heterocycles. The summed E-state index contributed by atoms with van der Waals surface area (Å²) in [6.07, 6.45) is 5.44. The molecule has 2 atom stereocenters. The van der Waals surface area contributed by atoms with Crippen molar-refractivity contribution in [3.8, 4) is 11.1 Å². The molecule has 28 heavy (non-hydrogen) atoms. The number of aromatic nitrogens is 1. The standard InChI is InChI=1S/C23H24N2O2S/c1-28(26,27)21-13-20(14-25-15-21)18-8-5-9-19(12-18)23-16-24-11-10-22(23)17-6-3-2-4-7-17/h2-9,12-15,22-24H,10-11,16H2,1H3. The van der Waals surface area contributed by atoms with Crippen LogP contribution < -0.4 is 5.32 Å². The van der Waals surface area contributed by atoms with E-state index in [-0.39, 0.29) is 4.90 Å². The fraction of sp³-hybridized carbons (Fsp3) is 0.261. The highest BCUT2D eigenvalue weighted by molar-refractivity contribution is 7.90. The fourth-order valence-corrected chi connectivity index (χ4v) is 4.63. The molecule has 0 saturated carbocycles. The number of sulfone groups is 1. The summed E-state index contributed by atoms with van der Waals surface area (Å²) < 4.78 is 23.8. The number of nitrogens with one attached hydrogen (secondary N) is 1. The number of pyridine rings is 1. The number of piperidine rings is 1. The Kier molecular flexibility index (Phi) is 5.29. The van der Waals surface area contributed by atoms with Crippen LogP contribution in [0.2, 0.25) is 0 Å². The summed E-state index contributed by atoms with van der Waals surface area (Å²) in [6.45, 7) is 1.96. The van der Waals surface area contributed by atoms with Crippen LogP contribution in [0.3, 0.4) is 0 Å². The van der Waals surface area contributed by atoms with Crippen LogP contribution in [0, 0.1) is 0 Å². The van der Waals surface area contributed by atoms with E-state index in [1.54, 1.807) is 12.3 Å². The van der Waals surface area contributed by atoms with E-state index in [1.807, 2.05) is 6.07 Å². The molecule has 1 aromatic heterocycles. The first kappa shape index (κ1) is 18.8. The molecule has 1 N–H and O–H groups in total. The predicted molar refractivity (Wildman–Crippen MR) is 112 cm³/mol. The van der Waals surface area contributed by atoms with Gasteiger partial charge in [-0.2, -0.15) is 0 Å². The minimum Gasteiger partial charge on any atom is -0.316 e. The molecular weight excluding hydrogens is 368 g/mol. The third kappa shape index (κ3) is 4.01. The van der Waals surface area contributed by atoms with Gasteiger partial charge in [-0.25, -0.2) is 8.42 Å². The van der Waals surface area contributed by atoms with Crippen molar-refractivity contribution in [2.24, 2.45) is 0 Å². The van der Waals surface area contributed by atoms with Crippen molar-refractivity contribution in [1.82, 2.24) is 10.3 Å². The molecule has 0 spiro atoms. The van der Waals surface area contributed by atoms with Crippen LogP contribution in [0.15, 0.2) is 78.0 Å². The van der Waals surface area contributed by atoms with Gasteiger partial charge in [0, 0.05) is 36.7 Å². The molecular formula is C23H24N2O2S. The smallest absolute Gasteiger partial charge is 0.177 e. The Morgan fingerprint density at radius 3 is 2.46 bits per heavy atom. The molecule has 144 valence electrons. The zero-order chi connectivity index (χ0) is 19.6. The molecule has 0 bridgehead atoms. The van der Waals surface area contributed by atoms with E-state index >= 15 is 0 Å². The molecule has 4 nitrogen and oxygen atoms in total. The van der Waals surface area contributed by atoms with Gasteiger partial charge < -0.3 is 5.32 Å². The zero-order valence-electron chi connectivity index (χ0n) is 15.9. The van der Waals surface area contributed by atoms with E-state index in [4.69, 9.17) is 0 Å². The van der Waals surface area contributed by atoms with E-state index in [1.165, 1.54) is 23.6 Å². The molecule has 1 aliphatic heterocycles. The minimum absolute atomic E-state index is 0.247. The number of hydrogen-bond acceptors (Lipinski definition) is 4. The molecule has 3 aromatic rings. The maximum atomic E-state index is 11.9. The lowest BCUT2D eigenvalue weighted by Gasteiger charge is -2.33. The highest BCUT2D eigenvalue weighted by Crippen LogP contribution is 2.38. The van der Waals surface area contributed by atoms with Gasteiger partial charge in [-0.05, 0) is 41.6 Å². The highest BCUT2D eigenvalue weighted by Gasteiger charge is 2.27. The Labute approximate surface area is 166 Å². The number of hydrogen-bond donors (Lipinski definition) is 1. The van der Waals surface area contributed by atoms with Gasteiger partial charge in [-0.1, -0.05) is 54.6 Å². The molecule has 0 radical (unpaired) electrons. The van der Waals surface area contributed by atoms with Crippen molar-refractivity contribution < 1.29 is 8.42 Å². The van der Waals surface area contributed by atoms with Crippen molar-refractivity contribution in [3.63, 3.8) is 0 Å². The molecule has 0 aliphatic carbocycles. The Morgan fingerprint density at radius 1 is 0.893 bits per heavy atom. The number of benzene rings is 2. The van der Waals surface area contributed by atoms with Crippen LogP contribution in [0.4, 0.5) is 0 Å². The molecule has 1 fully saturated rings. The molecule has 2 unspecified atom stereocenters. The second-order valence-electron chi connectivity index (χ2n) is 7.42. The quantitative estimate of drug-likeness (QED) is 0.729. The number of rotatable bonds is 4. The fourth-order valence-electron chi connectivity index (χ4n) is 4.04. The SMILES string of the molecule is CS(=O)(=O)c1cncc(-c2cccc(C3CNCCC3c3ccccc3)c2)c1. The molecule has 1 aliphatic rings. The number of nitrogens with zero attached hydrogens (tertiary/aromatic N) is 1. The van der Waals surface area contributed by atoms with E-state index < -0.39 is 9.84 Å². The second-order valence-corrected chi connectivity index (χ2v) is 9.44. The van der Waals surface area contributed by atoms with E-state index in [9.17, 15) is 8.42 Å². The lowest BCUT2D eigenvalue weighted by molar-refractivity contribution is 0.404. The average molecular weight is 393 g/mol. The van der Waals surface area contributed by atoms with Gasteiger partial charge in [0.15, 0.2) is 9.84 Å². The first-order valence-corrected chi connectivity index (χ1v) is 11.4. The summed E-state index contributed by atoms with van der Waals surface area (Å²) in [4.78, 5) is 4.39. The maximum Gasteiger partial charge on any atom is 0.177 e. The first-order valence-electron chi connectivity index (χ1n) is 9.53. The third-order valence-electron chi connectivity index (χ3n) is 5.50. The second kappa shape index (κ2) is 7.86. The highest BCUT2D eigenvalue weighted by atomic mass is 32.2. The minimum atomic E-state index is -3.28. The summed E-state index contributed by atoms with van der Waals surface area (Å²) >= 11 is 0. The Morgan fingerprint density at radius 2 is 1.68 bits per heavy atom. The lowest BCUT2D eigenvalue weighted by Crippen LogP contribution is -2.34. The van der Waals surface area contributed by atoms with E-state index in [0.29, 0.717) is 11.8 Å². The van der Waals surface area contributed by atoms with E-state index in [0.717, 1.165) is 30.6 Å². The Hall–Kier alpha value is -2.50. The monoisotopic (exact) mass is 392 g/mol. The van der Waals surface area contributed by atoms with E-state index in [2.05, 4.69) is 58.8 Å². The summed E-state index contributed by atoms with van der Waals surface area (Å²) in [6, 6.07) is 20.8. The van der Waals surface area contributed by atoms with Crippen molar-refractivity contribution in [3.05, 3.63) is 84.2 Å². The molecule has 5 heteroatoms. The van der Waals surface area contributed by atoms with Gasteiger partial charge in [0.1, 0.15) is 0 Å². The molecule has 2 heterocycles. The average Bonchev–Trinajstić information content (AvgIpc) is 2.74. The van der Waals surface area contributed by atoms with Crippen LogP contribution >= 0.6 is 0 Å². The van der Waals surface area contributed by atoms with Crippen LogP contribution in [0.25, 0.3) is 11.1 Å². The topological polar surface area (TPSA) is 59.1 Å². The summed E-state index contributed by atoms with van der Waals surface area (Å²) in [5.74, 6) is 0.848. The van der Waals surface area contributed by atoms with Crippen molar-refractivity contribution >= 4 is 9.84 Å². The lowest BCUT2D eigenvalue weighted by atomic mass is 9.77. The van der Waals surface area contributed by atoms with Crippen LogP contribution in [-0.4, -0.2) is 32.7 Å². The molecule has 4 rings (SSSR count). The summed E-state index contributed by atoms with van der Waals surface area (Å²) in [5, 5.41) is 3.53. The summed E-state index contributed by atoms with van der Waals surface area (Å²) in [5.41, 5.74) is 4.46. The van der Waals surface area contributed by atoms with Gasteiger partial charge in [0.2, 0.25) is 0 Å². The maximum absolute atomic E-state index is 11.9. The van der Waals surface area contributed by atoms with Crippen LogP contribution in [0.1, 0.15) is 29.4 Å². The van der Waals surface area contributed by atoms with Gasteiger partial charge in [-0.3, -0.25) is 4.98 Å². The van der Waals surface area contributed by atoms with Crippen molar-refractivity contribution in [1.29, 1.82) is 0 Å². The Balaban J connectivity index is 1.70. The first-order chi connectivity index (χ1) is 13.5. The van der Waals surface area contributed by atoms with Crippen LogP contribution in [-0.2, 0) is 9.84 Å². The predicted octanol–water partition coefficient (Wildman–Crippen LogP) is 4.01.